The number of hydrogen-bond acceptors (Lipinski definition) is 7. The number of benzene rings is 2. The fourth-order valence-corrected chi connectivity index (χ4v) is 4.28. The Morgan fingerprint density at radius 2 is 1.80 bits per heavy atom. The molecule has 0 radical (unpaired) electrons. The van der Waals surface area contributed by atoms with Crippen molar-refractivity contribution in [2.45, 2.75) is 25.7 Å². The molecule has 1 aliphatic heterocycles. The minimum absolute atomic E-state index is 0.0163. The second-order valence-electron chi connectivity index (χ2n) is 8.53. The average Bonchev–Trinajstić information content (AvgIpc) is 2.89. The van der Waals surface area contributed by atoms with Crippen LogP contribution in [0.15, 0.2) is 79.4 Å². The highest BCUT2D eigenvalue weighted by Crippen LogP contribution is 2.33. The third-order valence-electron chi connectivity index (χ3n) is 5.92. The molecule has 1 atom stereocenters. The highest BCUT2D eigenvalue weighted by Gasteiger charge is 2.29. The smallest absolute Gasteiger partial charge is 0.253 e. The number of aryl methyl sites for hydroxylation is 1. The molecule has 2 aromatic heterocycles. The summed E-state index contributed by atoms with van der Waals surface area (Å²) in [5, 5.41) is 3.14. The van der Waals surface area contributed by atoms with Crippen LogP contribution in [0.4, 0.5) is 11.6 Å². The van der Waals surface area contributed by atoms with Gasteiger partial charge < -0.3 is 15.0 Å². The van der Waals surface area contributed by atoms with Gasteiger partial charge in [-0.2, -0.15) is 0 Å². The van der Waals surface area contributed by atoms with E-state index in [1.807, 2.05) is 60.4 Å². The first-order valence-corrected chi connectivity index (χ1v) is 11.6. The van der Waals surface area contributed by atoms with Crippen LogP contribution in [0.3, 0.4) is 0 Å². The van der Waals surface area contributed by atoms with Crippen molar-refractivity contribution in [1.82, 2.24) is 24.8 Å². The van der Waals surface area contributed by atoms with Crippen LogP contribution in [0.1, 0.15) is 40.4 Å². The van der Waals surface area contributed by atoms with Gasteiger partial charge in [-0.25, -0.2) is 15.0 Å². The molecule has 8 heteroatoms. The van der Waals surface area contributed by atoms with Crippen molar-refractivity contribution in [2.75, 3.05) is 18.4 Å². The van der Waals surface area contributed by atoms with Crippen LogP contribution in [-0.2, 0) is 0 Å². The fraction of sp³-hybridized carbons (Fsp3) is 0.222. The van der Waals surface area contributed by atoms with Gasteiger partial charge in [-0.1, -0.05) is 18.2 Å². The minimum Gasteiger partial charge on any atom is -0.437 e. The van der Waals surface area contributed by atoms with Crippen LogP contribution in [0.2, 0.25) is 0 Å². The molecule has 1 saturated heterocycles. The topological polar surface area (TPSA) is 93.1 Å². The summed E-state index contributed by atoms with van der Waals surface area (Å²) in [4.78, 5) is 32.7. The summed E-state index contributed by atoms with van der Waals surface area (Å²) in [7, 11) is 0. The summed E-state index contributed by atoms with van der Waals surface area (Å²) in [6.07, 6.45) is 8.45. The van der Waals surface area contributed by atoms with Crippen LogP contribution < -0.4 is 10.1 Å². The number of ether oxygens (including phenoxy) is 1. The van der Waals surface area contributed by atoms with Gasteiger partial charge in [-0.05, 0) is 61.7 Å². The maximum absolute atomic E-state index is 13.4. The van der Waals surface area contributed by atoms with E-state index in [2.05, 4.69) is 25.3 Å². The van der Waals surface area contributed by atoms with Gasteiger partial charge in [-0.15, -0.1) is 0 Å². The predicted octanol–water partition coefficient (Wildman–Crippen LogP) is 5.13. The van der Waals surface area contributed by atoms with E-state index in [-0.39, 0.29) is 11.8 Å². The molecule has 3 heterocycles. The number of hydrogen-bond donors (Lipinski definition) is 1. The molecule has 1 amide bonds. The molecule has 0 bridgehead atoms. The molecule has 1 N–H and O–H groups in total. The highest BCUT2D eigenvalue weighted by molar-refractivity contribution is 5.95. The lowest BCUT2D eigenvalue weighted by Gasteiger charge is -2.33. The Balaban J connectivity index is 1.32. The van der Waals surface area contributed by atoms with E-state index in [1.54, 1.807) is 30.9 Å². The lowest BCUT2D eigenvalue weighted by atomic mass is 9.94. The quantitative estimate of drug-likeness (QED) is 0.421. The van der Waals surface area contributed by atoms with Crippen molar-refractivity contribution in [1.29, 1.82) is 0 Å². The Labute approximate surface area is 204 Å². The summed E-state index contributed by atoms with van der Waals surface area (Å²) in [5.41, 5.74) is 3.27. The van der Waals surface area contributed by atoms with Gasteiger partial charge in [0.15, 0.2) is 0 Å². The Hall–Kier alpha value is -4.33. The monoisotopic (exact) mass is 466 g/mol. The van der Waals surface area contributed by atoms with Crippen molar-refractivity contribution in [3.05, 3.63) is 96.2 Å². The predicted molar refractivity (Wildman–Crippen MR) is 133 cm³/mol. The normalized spacial score (nSPS) is 15.5. The second kappa shape index (κ2) is 10.3. The molecular formula is C27H26N6O2. The van der Waals surface area contributed by atoms with E-state index in [9.17, 15) is 4.79 Å². The van der Waals surface area contributed by atoms with E-state index < -0.39 is 0 Å². The van der Waals surface area contributed by atoms with E-state index in [4.69, 9.17) is 4.74 Å². The molecule has 35 heavy (non-hydrogen) atoms. The Morgan fingerprint density at radius 1 is 0.971 bits per heavy atom. The summed E-state index contributed by atoms with van der Waals surface area (Å²) in [5.74, 6) is 1.73. The molecule has 8 nitrogen and oxygen atoms in total. The molecule has 0 saturated carbocycles. The average molecular weight is 467 g/mol. The van der Waals surface area contributed by atoms with Gasteiger partial charge in [-0.3, -0.25) is 9.78 Å². The van der Waals surface area contributed by atoms with Gasteiger partial charge in [0, 0.05) is 55.0 Å². The number of piperidine rings is 1. The van der Waals surface area contributed by atoms with Gasteiger partial charge >= 0.3 is 0 Å². The van der Waals surface area contributed by atoms with E-state index >= 15 is 0 Å². The highest BCUT2D eigenvalue weighted by atomic mass is 16.5. The maximum Gasteiger partial charge on any atom is 0.253 e. The van der Waals surface area contributed by atoms with Gasteiger partial charge in [0.05, 0.1) is 0 Å². The minimum atomic E-state index is -0.0163. The second-order valence-corrected chi connectivity index (χ2v) is 8.53. The first-order chi connectivity index (χ1) is 17.2. The molecule has 1 aliphatic rings. The number of anilines is 2. The SMILES string of the molecule is Cc1cccc(Oc2nccnc2C2CCCN(C(=O)c3cccc(Nc4ncccn4)c3)C2)c1. The molecule has 0 spiro atoms. The van der Waals surface area contributed by atoms with E-state index in [0.29, 0.717) is 30.5 Å². The summed E-state index contributed by atoms with van der Waals surface area (Å²) < 4.78 is 6.10. The maximum atomic E-state index is 13.4. The van der Waals surface area contributed by atoms with Crippen molar-refractivity contribution in [3.8, 4) is 11.6 Å². The summed E-state index contributed by atoms with van der Waals surface area (Å²) in [6, 6.07) is 17.0. The summed E-state index contributed by atoms with van der Waals surface area (Å²) in [6.45, 7) is 3.27. The number of carbonyl (C=O) groups excluding carboxylic acids is 1. The Morgan fingerprint density at radius 3 is 2.66 bits per heavy atom. The van der Waals surface area contributed by atoms with E-state index in [1.165, 1.54) is 0 Å². The zero-order valence-corrected chi connectivity index (χ0v) is 19.5. The molecule has 5 rings (SSSR count). The van der Waals surface area contributed by atoms with Crippen LogP contribution in [0, 0.1) is 6.92 Å². The van der Waals surface area contributed by atoms with Crippen molar-refractivity contribution in [3.63, 3.8) is 0 Å². The third-order valence-corrected chi connectivity index (χ3v) is 5.92. The number of aromatic nitrogens is 4. The molecule has 0 aliphatic carbocycles. The van der Waals surface area contributed by atoms with E-state index in [0.717, 1.165) is 35.5 Å². The number of amides is 1. The first kappa shape index (κ1) is 22.5. The van der Waals surface area contributed by atoms with Gasteiger partial charge in [0.2, 0.25) is 11.8 Å². The van der Waals surface area contributed by atoms with Crippen molar-refractivity contribution >= 4 is 17.5 Å². The standard InChI is InChI=1S/C27H26N6O2/c1-19-6-2-10-23(16-19)35-25-24(28-13-14-29-25)21-8-4-15-33(18-21)26(34)20-7-3-9-22(17-20)32-27-30-11-5-12-31-27/h2-3,5-7,9-14,16-17,21H,4,8,15,18H2,1H3,(H,30,31,32). The third kappa shape index (κ3) is 5.43. The van der Waals surface area contributed by atoms with Crippen LogP contribution >= 0.6 is 0 Å². The number of likely N-dealkylation sites (tertiary alicyclic amines) is 1. The zero-order chi connectivity index (χ0) is 24.0. The summed E-state index contributed by atoms with van der Waals surface area (Å²) >= 11 is 0. The molecule has 1 unspecified atom stereocenters. The largest absolute Gasteiger partial charge is 0.437 e. The van der Waals surface area contributed by atoms with Crippen LogP contribution in [0.25, 0.3) is 0 Å². The zero-order valence-electron chi connectivity index (χ0n) is 19.5. The molecular weight excluding hydrogens is 440 g/mol. The van der Waals surface area contributed by atoms with Crippen molar-refractivity contribution in [2.24, 2.45) is 0 Å². The first-order valence-electron chi connectivity index (χ1n) is 11.6. The number of rotatable bonds is 6. The van der Waals surface area contributed by atoms with Gasteiger partial charge in [0.1, 0.15) is 11.4 Å². The molecule has 176 valence electrons. The number of nitrogens with zero attached hydrogens (tertiary/aromatic N) is 5. The lowest BCUT2D eigenvalue weighted by Crippen LogP contribution is -2.39. The Bertz CT molecular complexity index is 1310. The molecule has 4 aromatic rings. The van der Waals surface area contributed by atoms with Crippen molar-refractivity contribution < 1.29 is 9.53 Å². The Kier molecular flexibility index (Phi) is 6.61. The fourth-order valence-electron chi connectivity index (χ4n) is 4.28. The number of nitrogens with one attached hydrogen (secondary N) is 1. The molecule has 1 fully saturated rings. The van der Waals surface area contributed by atoms with Crippen LogP contribution in [-0.4, -0.2) is 43.8 Å². The van der Waals surface area contributed by atoms with Crippen LogP contribution in [0.5, 0.6) is 11.6 Å². The number of carbonyl (C=O) groups is 1. The molecule has 2 aromatic carbocycles. The lowest BCUT2D eigenvalue weighted by molar-refractivity contribution is 0.0705. The van der Waals surface area contributed by atoms with Gasteiger partial charge in [0.25, 0.3) is 5.91 Å².